The molecule has 2 rings (SSSR count). The SMILES string of the molecule is CCC1CN(C(=O)CCc2ccccc2N)CC(C)O1.Cl. The van der Waals surface area contributed by atoms with Gasteiger partial charge in [-0.05, 0) is 31.4 Å². The summed E-state index contributed by atoms with van der Waals surface area (Å²) >= 11 is 0. The van der Waals surface area contributed by atoms with Gasteiger partial charge in [0.2, 0.25) is 5.91 Å². The molecule has 2 unspecified atom stereocenters. The van der Waals surface area contributed by atoms with Gasteiger partial charge in [0.15, 0.2) is 0 Å². The number of morpholine rings is 1. The fourth-order valence-corrected chi connectivity index (χ4v) is 2.64. The van der Waals surface area contributed by atoms with Crippen LogP contribution in [0.4, 0.5) is 5.69 Å². The Morgan fingerprint density at radius 2 is 2.10 bits per heavy atom. The van der Waals surface area contributed by atoms with Crippen LogP contribution in [-0.4, -0.2) is 36.1 Å². The largest absolute Gasteiger partial charge is 0.399 e. The highest BCUT2D eigenvalue weighted by Gasteiger charge is 2.26. The first-order valence-corrected chi connectivity index (χ1v) is 7.36. The predicted molar refractivity (Wildman–Crippen MR) is 87.6 cm³/mol. The number of para-hydroxylation sites is 1. The molecule has 1 aliphatic rings. The van der Waals surface area contributed by atoms with Crippen LogP contribution in [0.1, 0.15) is 32.3 Å². The van der Waals surface area contributed by atoms with E-state index in [9.17, 15) is 4.79 Å². The fraction of sp³-hybridized carbons (Fsp3) is 0.562. The van der Waals surface area contributed by atoms with Gasteiger partial charge in [-0.3, -0.25) is 4.79 Å². The molecule has 0 radical (unpaired) electrons. The third-order valence-corrected chi connectivity index (χ3v) is 3.80. The summed E-state index contributed by atoms with van der Waals surface area (Å²) in [6, 6.07) is 7.74. The van der Waals surface area contributed by atoms with E-state index in [0.717, 1.165) is 17.7 Å². The summed E-state index contributed by atoms with van der Waals surface area (Å²) in [5.41, 5.74) is 7.72. The molecule has 1 aromatic rings. The lowest BCUT2D eigenvalue weighted by atomic mass is 10.1. The maximum absolute atomic E-state index is 12.3. The number of nitrogens with two attached hydrogens (primary N) is 1. The number of hydrogen-bond donors (Lipinski definition) is 1. The lowest BCUT2D eigenvalue weighted by molar-refractivity contribution is -0.144. The van der Waals surface area contributed by atoms with Crippen molar-refractivity contribution >= 4 is 24.0 Å². The van der Waals surface area contributed by atoms with E-state index >= 15 is 0 Å². The van der Waals surface area contributed by atoms with Gasteiger partial charge < -0.3 is 15.4 Å². The molecule has 2 atom stereocenters. The van der Waals surface area contributed by atoms with Gasteiger partial charge in [0, 0.05) is 25.2 Å². The van der Waals surface area contributed by atoms with E-state index < -0.39 is 0 Å². The maximum Gasteiger partial charge on any atom is 0.223 e. The average molecular weight is 313 g/mol. The Morgan fingerprint density at radius 3 is 2.76 bits per heavy atom. The standard InChI is InChI=1S/C16H24N2O2.ClH/c1-3-14-11-18(10-12(2)20-14)16(19)9-8-13-6-4-5-7-15(13)17;/h4-7,12,14H,3,8-11,17H2,1-2H3;1H. The van der Waals surface area contributed by atoms with Gasteiger partial charge >= 0.3 is 0 Å². The highest BCUT2D eigenvalue weighted by Crippen LogP contribution is 2.17. The monoisotopic (exact) mass is 312 g/mol. The molecule has 0 spiro atoms. The number of nitrogens with zero attached hydrogens (tertiary/aromatic N) is 1. The summed E-state index contributed by atoms with van der Waals surface area (Å²) < 4.78 is 5.78. The zero-order chi connectivity index (χ0) is 14.5. The summed E-state index contributed by atoms with van der Waals surface area (Å²) in [6.07, 6.45) is 2.45. The van der Waals surface area contributed by atoms with Gasteiger partial charge in [0.1, 0.15) is 0 Å². The van der Waals surface area contributed by atoms with Crippen LogP contribution < -0.4 is 5.73 Å². The van der Waals surface area contributed by atoms with Crippen LogP contribution in [0.3, 0.4) is 0 Å². The molecule has 1 amide bonds. The van der Waals surface area contributed by atoms with Crippen molar-refractivity contribution in [3.8, 4) is 0 Å². The molecule has 0 aliphatic carbocycles. The van der Waals surface area contributed by atoms with Crippen LogP contribution in [-0.2, 0) is 16.0 Å². The number of benzene rings is 1. The Balaban J connectivity index is 0.00000220. The molecule has 118 valence electrons. The second-order valence-electron chi connectivity index (χ2n) is 5.47. The van der Waals surface area contributed by atoms with Crippen molar-refractivity contribution in [3.63, 3.8) is 0 Å². The Kier molecular flexibility index (Phi) is 6.99. The lowest BCUT2D eigenvalue weighted by Crippen LogP contribution is -2.49. The van der Waals surface area contributed by atoms with E-state index in [1.807, 2.05) is 36.1 Å². The molecule has 4 nitrogen and oxygen atoms in total. The smallest absolute Gasteiger partial charge is 0.223 e. The number of carbonyl (C=O) groups is 1. The molecule has 1 aliphatic heterocycles. The fourth-order valence-electron chi connectivity index (χ4n) is 2.64. The number of amides is 1. The average Bonchev–Trinajstić information content (AvgIpc) is 2.45. The van der Waals surface area contributed by atoms with Crippen molar-refractivity contribution in [1.29, 1.82) is 0 Å². The summed E-state index contributed by atoms with van der Waals surface area (Å²) in [4.78, 5) is 14.3. The van der Waals surface area contributed by atoms with E-state index in [2.05, 4.69) is 6.92 Å². The Bertz CT molecular complexity index is 467. The summed E-state index contributed by atoms with van der Waals surface area (Å²) in [5, 5.41) is 0. The van der Waals surface area contributed by atoms with E-state index in [1.165, 1.54) is 0 Å². The number of hydrogen-bond acceptors (Lipinski definition) is 3. The molecule has 1 aromatic carbocycles. The van der Waals surface area contributed by atoms with Crippen LogP contribution in [0.2, 0.25) is 0 Å². The molecule has 1 heterocycles. The molecular formula is C16H25ClN2O2. The minimum absolute atomic E-state index is 0. The topological polar surface area (TPSA) is 55.6 Å². The number of nitrogen functional groups attached to an aromatic ring is 1. The maximum atomic E-state index is 12.3. The summed E-state index contributed by atoms with van der Waals surface area (Å²) in [7, 11) is 0. The van der Waals surface area contributed by atoms with Crippen LogP contribution in [0.15, 0.2) is 24.3 Å². The zero-order valence-corrected chi connectivity index (χ0v) is 13.6. The van der Waals surface area contributed by atoms with E-state index in [1.54, 1.807) is 0 Å². The van der Waals surface area contributed by atoms with E-state index in [4.69, 9.17) is 10.5 Å². The molecule has 2 N–H and O–H groups in total. The van der Waals surface area contributed by atoms with Crippen molar-refractivity contribution in [2.75, 3.05) is 18.8 Å². The lowest BCUT2D eigenvalue weighted by Gasteiger charge is -2.36. The molecule has 1 saturated heterocycles. The number of halogens is 1. The quantitative estimate of drug-likeness (QED) is 0.870. The molecule has 0 saturated carbocycles. The summed E-state index contributed by atoms with van der Waals surface area (Å²) in [5.74, 6) is 0.196. The molecule has 0 bridgehead atoms. The van der Waals surface area contributed by atoms with E-state index in [0.29, 0.717) is 25.9 Å². The van der Waals surface area contributed by atoms with Crippen LogP contribution in [0, 0.1) is 0 Å². The third kappa shape index (κ3) is 4.90. The van der Waals surface area contributed by atoms with Crippen LogP contribution in [0.25, 0.3) is 0 Å². The molecule has 0 aromatic heterocycles. The predicted octanol–water partition coefficient (Wildman–Crippen LogP) is 2.65. The van der Waals surface area contributed by atoms with E-state index in [-0.39, 0.29) is 30.5 Å². The number of ether oxygens (including phenoxy) is 1. The highest BCUT2D eigenvalue weighted by atomic mass is 35.5. The first-order valence-electron chi connectivity index (χ1n) is 7.36. The number of rotatable bonds is 4. The third-order valence-electron chi connectivity index (χ3n) is 3.80. The zero-order valence-electron chi connectivity index (χ0n) is 12.7. The Labute approximate surface area is 133 Å². The number of aryl methyl sites for hydroxylation is 1. The molecule has 5 heteroatoms. The second kappa shape index (κ2) is 8.25. The second-order valence-corrected chi connectivity index (χ2v) is 5.47. The van der Waals surface area contributed by atoms with Gasteiger partial charge in [0.05, 0.1) is 12.2 Å². The minimum atomic E-state index is 0. The first kappa shape index (κ1) is 17.8. The number of anilines is 1. The Hall–Kier alpha value is -1.26. The molecule has 1 fully saturated rings. The molecule has 21 heavy (non-hydrogen) atoms. The van der Waals surface area contributed by atoms with Crippen molar-refractivity contribution in [1.82, 2.24) is 4.90 Å². The van der Waals surface area contributed by atoms with Crippen LogP contribution >= 0.6 is 12.4 Å². The van der Waals surface area contributed by atoms with Gasteiger partial charge in [0.25, 0.3) is 0 Å². The van der Waals surface area contributed by atoms with Gasteiger partial charge in [-0.25, -0.2) is 0 Å². The van der Waals surface area contributed by atoms with Crippen LogP contribution in [0.5, 0.6) is 0 Å². The first-order chi connectivity index (χ1) is 9.60. The van der Waals surface area contributed by atoms with Crippen molar-refractivity contribution < 1.29 is 9.53 Å². The van der Waals surface area contributed by atoms with Gasteiger partial charge in [-0.2, -0.15) is 0 Å². The minimum Gasteiger partial charge on any atom is -0.399 e. The number of carbonyl (C=O) groups excluding carboxylic acids is 1. The Morgan fingerprint density at radius 1 is 1.38 bits per heavy atom. The summed E-state index contributed by atoms with van der Waals surface area (Å²) in [6.45, 7) is 5.52. The van der Waals surface area contributed by atoms with Crippen molar-refractivity contribution in [2.24, 2.45) is 0 Å². The van der Waals surface area contributed by atoms with Crippen molar-refractivity contribution in [2.45, 2.75) is 45.3 Å². The highest BCUT2D eigenvalue weighted by molar-refractivity contribution is 5.85. The van der Waals surface area contributed by atoms with Crippen molar-refractivity contribution in [3.05, 3.63) is 29.8 Å². The molecular weight excluding hydrogens is 288 g/mol. The van der Waals surface area contributed by atoms with Gasteiger partial charge in [-0.15, -0.1) is 12.4 Å². The van der Waals surface area contributed by atoms with Gasteiger partial charge in [-0.1, -0.05) is 25.1 Å². The normalized spacial score (nSPS) is 21.7.